The summed E-state index contributed by atoms with van der Waals surface area (Å²) in [5, 5.41) is 11.2. The number of carbonyl (C=O) groups is 1. The summed E-state index contributed by atoms with van der Waals surface area (Å²) in [5.41, 5.74) is 0.847. The van der Waals surface area contributed by atoms with Gasteiger partial charge in [0.05, 0.1) is 12.5 Å². The molecule has 24 heavy (non-hydrogen) atoms. The first kappa shape index (κ1) is 17.7. The van der Waals surface area contributed by atoms with Crippen LogP contribution in [0.4, 0.5) is 0 Å². The third-order valence-corrected chi connectivity index (χ3v) is 5.57. The molecule has 1 aromatic carbocycles. The Hall–Kier alpha value is -1.14. The van der Waals surface area contributed by atoms with Gasteiger partial charge in [-0.05, 0) is 25.1 Å². The van der Waals surface area contributed by atoms with Crippen LogP contribution in [0, 0.1) is 0 Å². The molecule has 0 bridgehead atoms. The van der Waals surface area contributed by atoms with Crippen molar-refractivity contribution >= 4 is 17.5 Å². The molecular weight excluding hydrogens is 326 g/mol. The highest BCUT2D eigenvalue weighted by atomic mass is 35.5. The zero-order valence-corrected chi connectivity index (χ0v) is 15.0. The zero-order valence-electron chi connectivity index (χ0n) is 14.2. The molecule has 1 aromatic rings. The van der Waals surface area contributed by atoms with E-state index in [-0.39, 0.29) is 11.9 Å². The maximum absolute atomic E-state index is 12.5. The van der Waals surface area contributed by atoms with Crippen molar-refractivity contribution in [1.29, 1.82) is 0 Å². The van der Waals surface area contributed by atoms with Crippen LogP contribution in [0.5, 0.6) is 0 Å². The predicted octanol–water partition coefficient (Wildman–Crippen LogP) is 1.09. The summed E-state index contributed by atoms with van der Waals surface area (Å²) >= 11 is 6.14. The Balaban J connectivity index is 1.55. The number of aliphatic hydroxyl groups excluding tert-OH is 1. The van der Waals surface area contributed by atoms with Gasteiger partial charge >= 0.3 is 0 Å². The van der Waals surface area contributed by atoms with E-state index in [1.807, 2.05) is 18.2 Å². The topological polar surface area (TPSA) is 47.0 Å². The number of nitrogens with zero attached hydrogens (tertiary/aromatic N) is 3. The number of benzene rings is 1. The van der Waals surface area contributed by atoms with Crippen LogP contribution in [-0.2, 0) is 11.2 Å². The lowest BCUT2D eigenvalue weighted by Gasteiger charge is -2.44. The molecule has 0 unspecified atom stereocenters. The first-order valence-corrected chi connectivity index (χ1v) is 9.04. The Morgan fingerprint density at radius 1 is 1.21 bits per heavy atom. The highest BCUT2D eigenvalue weighted by Crippen LogP contribution is 2.21. The fourth-order valence-electron chi connectivity index (χ4n) is 3.64. The van der Waals surface area contributed by atoms with Gasteiger partial charge in [-0.25, -0.2) is 0 Å². The van der Waals surface area contributed by atoms with Gasteiger partial charge in [0.15, 0.2) is 0 Å². The molecule has 1 N–H and O–H groups in total. The van der Waals surface area contributed by atoms with Crippen LogP contribution in [-0.4, -0.2) is 84.2 Å². The lowest BCUT2D eigenvalue weighted by Crippen LogP contribution is -2.59. The second-order valence-electron chi connectivity index (χ2n) is 6.87. The number of likely N-dealkylation sites (N-methyl/N-ethyl adjacent to an activating group) is 1. The van der Waals surface area contributed by atoms with Gasteiger partial charge in [-0.2, -0.15) is 0 Å². The molecule has 2 fully saturated rings. The van der Waals surface area contributed by atoms with Gasteiger partial charge < -0.3 is 14.9 Å². The predicted molar refractivity (Wildman–Crippen MR) is 95.2 cm³/mol. The lowest BCUT2D eigenvalue weighted by atomic mass is 9.98. The molecule has 2 saturated heterocycles. The minimum absolute atomic E-state index is 0.0407. The lowest BCUT2D eigenvalue weighted by molar-refractivity contribution is -0.135. The molecule has 6 heteroatoms. The van der Waals surface area contributed by atoms with Crippen LogP contribution >= 0.6 is 11.6 Å². The molecule has 0 aromatic heterocycles. The van der Waals surface area contributed by atoms with Crippen LogP contribution in [0.3, 0.4) is 0 Å². The average Bonchev–Trinajstić information content (AvgIpc) is 2.58. The van der Waals surface area contributed by atoms with Crippen molar-refractivity contribution in [1.82, 2.24) is 14.7 Å². The van der Waals surface area contributed by atoms with Crippen molar-refractivity contribution < 1.29 is 9.90 Å². The highest BCUT2D eigenvalue weighted by molar-refractivity contribution is 6.31. The summed E-state index contributed by atoms with van der Waals surface area (Å²) in [4.78, 5) is 19.0. The number of aliphatic hydroxyl groups is 1. The Labute approximate surface area is 148 Å². The first-order chi connectivity index (χ1) is 11.5. The second-order valence-corrected chi connectivity index (χ2v) is 7.28. The van der Waals surface area contributed by atoms with Gasteiger partial charge in [-0.15, -0.1) is 0 Å². The Bertz CT molecular complexity index is 575. The number of carbonyl (C=O) groups excluding carboxylic acids is 1. The first-order valence-electron chi connectivity index (χ1n) is 8.66. The zero-order chi connectivity index (χ0) is 17.1. The summed E-state index contributed by atoms with van der Waals surface area (Å²) in [6.07, 6.45) is 0.655. The summed E-state index contributed by atoms with van der Waals surface area (Å²) < 4.78 is 0. The quantitative estimate of drug-likeness (QED) is 0.885. The van der Waals surface area contributed by atoms with Gasteiger partial charge in [0, 0.05) is 50.3 Å². The number of halogens is 1. The summed E-state index contributed by atoms with van der Waals surface area (Å²) in [6, 6.07) is 7.61. The van der Waals surface area contributed by atoms with Crippen LogP contribution in [0.1, 0.15) is 12.0 Å². The molecule has 2 heterocycles. The summed E-state index contributed by atoms with van der Waals surface area (Å²) in [7, 11) is 2.13. The second kappa shape index (κ2) is 7.83. The molecule has 2 aliphatic heterocycles. The normalized spacial score (nSPS) is 26.5. The van der Waals surface area contributed by atoms with Crippen molar-refractivity contribution in [2.45, 2.75) is 25.0 Å². The van der Waals surface area contributed by atoms with E-state index in [1.54, 1.807) is 11.0 Å². The minimum atomic E-state index is -0.475. The van der Waals surface area contributed by atoms with Gasteiger partial charge in [0.1, 0.15) is 0 Å². The fraction of sp³-hybridized carbons (Fsp3) is 0.611. The largest absolute Gasteiger partial charge is 0.390 e. The van der Waals surface area contributed by atoms with Crippen molar-refractivity contribution in [3.8, 4) is 0 Å². The van der Waals surface area contributed by atoms with Crippen LogP contribution in [0.2, 0.25) is 5.02 Å². The highest BCUT2D eigenvalue weighted by Gasteiger charge is 2.34. The molecular formula is C18H26ClN3O2. The number of hydrogen-bond donors (Lipinski definition) is 1. The Kier molecular flexibility index (Phi) is 5.76. The van der Waals surface area contributed by atoms with Gasteiger partial charge in [0.25, 0.3) is 0 Å². The van der Waals surface area contributed by atoms with Crippen LogP contribution in [0.25, 0.3) is 0 Å². The van der Waals surface area contributed by atoms with Gasteiger partial charge in [0.2, 0.25) is 5.91 Å². The molecule has 0 aliphatic carbocycles. The van der Waals surface area contributed by atoms with E-state index in [2.05, 4.69) is 16.8 Å². The van der Waals surface area contributed by atoms with Crippen LogP contribution < -0.4 is 0 Å². The number of β-amino-alcohol motifs (C(OH)–C–C–N with tert-alkyl or cyclic N) is 1. The van der Waals surface area contributed by atoms with Crippen LogP contribution in [0.15, 0.2) is 24.3 Å². The van der Waals surface area contributed by atoms with E-state index >= 15 is 0 Å². The number of piperazine rings is 1. The molecule has 1 amide bonds. The third kappa shape index (κ3) is 4.09. The van der Waals surface area contributed by atoms with E-state index in [9.17, 15) is 9.90 Å². The number of amides is 1. The van der Waals surface area contributed by atoms with Gasteiger partial charge in [-0.3, -0.25) is 9.69 Å². The maximum atomic E-state index is 12.5. The van der Waals surface area contributed by atoms with Gasteiger partial charge in [-0.1, -0.05) is 29.8 Å². The molecule has 2 atom stereocenters. The molecule has 5 nitrogen and oxygen atoms in total. The van der Waals surface area contributed by atoms with E-state index in [0.29, 0.717) is 24.5 Å². The van der Waals surface area contributed by atoms with Crippen molar-refractivity contribution in [3.05, 3.63) is 34.9 Å². The molecule has 132 valence electrons. The number of rotatable bonds is 3. The van der Waals surface area contributed by atoms with Crippen molar-refractivity contribution in [2.24, 2.45) is 0 Å². The SMILES string of the molecule is CN1CCN([C@@H]2CCN(C(=O)Cc3ccccc3Cl)C[C@H]2O)CC1. The van der Waals surface area contributed by atoms with E-state index in [4.69, 9.17) is 11.6 Å². The van der Waals surface area contributed by atoms with E-state index < -0.39 is 6.10 Å². The monoisotopic (exact) mass is 351 g/mol. The molecule has 0 saturated carbocycles. The average molecular weight is 352 g/mol. The van der Waals surface area contributed by atoms with Crippen molar-refractivity contribution in [2.75, 3.05) is 46.3 Å². The third-order valence-electron chi connectivity index (χ3n) is 5.21. The van der Waals surface area contributed by atoms with E-state index in [1.165, 1.54) is 0 Å². The van der Waals surface area contributed by atoms with E-state index in [0.717, 1.165) is 38.2 Å². The fourth-order valence-corrected chi connectivity index (χ4v) is 3.84. The Morgan fingerprint density at radius 3 is 2.58 bits per heavy atom. The smallest absolute Gasteiger partial charge is 0.227 e. The maximum Gasteiger partial charge on any atom is 0.227 e. The number of hydrogen-bond acceptors (Lipinski definition) is 4. The molecule has 2 aliphatic rings. The number of likely N-dealkylation sites (tertiary alicyclic amines) is 1. The molecule has 0 spiro atoms. The Morgan fingerprint density at radius 2 is 1.92 bits per heavy atom. The minimum Gasteiger partial charge on any atom is -0.390 e. The summed E-state index contributed by atoms with van der Waals surface area (Å²) in [5.74, 6) is 0.0407. The molecule has 0 radical (unpaired) electrons. The molecule has 3 rings (SSSR count). The van der Waals surface area contributed by atoms with Crippen molar-refractivity contribution in [3.63, 3.8) is 0 Å². The standard InChI is InChI=1S/C18H26ClN3O2/c1-20-8-10-21(11-9-20)16-6-7-22(13-17(16)23)18(24)12-14-4-2-3-5-15(14)19/h2-5,16-17,23H,6-13H2,1H3/t16-,17-/m1/s1. The summed E-state index contributed by atoms with van der Waals surface area (Å²) in [6.45, 7) is 5.19. The number of piperidine rings is 1.